The Balaban J connectivity index is 1.49. The Labute approximate surface area is 178 Å². The molecule has 1 aliphatic heterocycles. The van der Waals surface area contributed by atoms with E-state index in [2.05, 4.69) is 38.4 Å². The maximum atomic E-state index is 12.1. The van der Waals surface area contributed by atoms with E-state index < -0.39 is 0 Å². The summed E-state index contributed by atoms with van der Waals surface area (Å²) in [5.41, 5.74) is 6.78. The van der Waals surface area contributed by atoms with Crippen LogP contribution in [0.4, 0.5) is 5.69 Å². The molecule has 0 bridgehead atoms. The summed E-state index contributed by atoms with van der Waals surface area (Å²) < 4.78 is 0. The molecule has 1 fully saturated rings. The summed E-state index contributed by atoms with van der Waals surface area (Å²) in [7, 11) is 0. The van der Waals surface area contributed by atoms with Gasteiger partial charge >= 0.3 is 0 Å². The normalized spacial score (nSPS) is 14.1. The van der Waals surface area contributed by atoms with Crippen molar-refractivity contribution in [3.63, 3.8) is 0 Å². The topological polar surface area (TPSA) is 74.8 Å². The Morgan fingerprint density at radius 3 is 2.58 bits per heavy atom. The van der Waals surface area contributed by atoms with Gasteiger partial charge in [0.05, 0.1) is 17.2 Å². The SMILES string of the molecule is O=C1CCCN1c1ccc(-c2n[nH]c3cnc4ccc(-c5cccnc5)cc4c23)cc1. The number of carbonyl (C=O) groups is 1. The van der Waals surface area contributed by atoms with Gasteiger partial charge < -0.3 is 4.90 Å². The summed E-state index contributed by atoms with van der Waals surface area (Å²) in [5, 5.41) is 9.81. The van der Waals surface area contributed by atoms with Crippen molar-refractivity contribution >= 4 is 33.4 Å². The lowest BCUT2D eigenvalue weighted by Crippen LogP contribution is -2.23. The van der Waals surface area contributed by atoms with Crippen LogP contribution in [0.3, 0.4) is 0 Å². The first-order chi connectivity index (χ1) is 15.3. The summed E-state index contributed by atoms with van der Waals surface area (Å²) in [6.45, 7) is 0.789. The van der Waals surface area contributed by atoms with Gasteiger partial charge in [0.2, 0.25) is 5.91 Å². The lowest BCUT2D eigenvalue weighted by atomic mass is 10.0. The summed E-state index contributed by atoms with van der Waals surface area (Å²) in [4.78, 5) is 22.7. The van der Waals surface area contributed by atoms with E-state index in [1.165, 1.54) is 0 Å². The minimum atomic E-state index is 0.193. The van der Waals surface area contributed by atoms with Crippen LogP contribution in [0.5, 0.6) is 0 Å². The third kappa shape index (κ3) is 2.95. The quantitative estimate of drug-likeness (QED) is 0.460. The highest BCUT2D eigenvalue weighted by Crippen LogP contribution is 2.34. The average molecular weight is 405 g/mol. The van der Waals surface area contributed by atoms with E-state index in [9.17, 15) is 4.79 Å². The van der Waals surface area contributed by atoms with Crippen LogP contribution in [0.2, 0.25) is 0 Å². The third-order valence-electron chi connectivity index (χ3n) is 5.91. The number of hydrogen-bond donors (Lipinski definition) is 1. The molecule has 6 heteroatoms. The van der Waals surface area contributed by atoms with Gasteiger partial charge in [0.15, 0.2) is 0 Å². The highest BCUT2D eigenvalue weighted by atomic mass is 16.2. The zero-order valence-electron chi connectivity index (χ0n) is 16.7. The molecule has 0 atom stereocenters. The molecule has 1 N–H and O–H groups in total. The Kier molecular flexibility index (Phi) is 4.02. The number of carbonyl (C=O) groups excluding carboxylic acids is 1. The van der Waals surface area contributed by atoms with Crippen molar-refractivity contribution in [2.24, 2.45) is 0 Å². The molecule has 4 heterocycles. The molecule has 1 saturated heterocycles. The number of fused-ring (bicyclic) bond motifs is 3. The van der Waals surface area contributed by atoms with Crippen LogP contribution in [0.1, 0.15) is 12.8 Å². The van der Waals surface area contributed by atoms with Gasteiger partial charge in [-0.2, -0.15) is 5.10 Å². The van der Waals surface area contributed by atoms with Crippen molar-refractivity contribution in [3.8, 4) is 22.4 Å². The summed E-state index contributed by atoms with van der Waals surface area (Å²) in [5.74, 6) is 0.193. The first-order valence-corrected chi connectivity index (χ1v) is 10.4. The molecule has 31 heavy (non-hydrogen) atoms. The monoisotopic (exact) mass is 405 g/mol. The summed E-state index contributed by atoms with van der Waals surface area (Å²) in [6.07, 6.45) is 7.02. The second kappa shape index (κ2) is 7.02. The fraction of sp³-hybridized carbons (Fsp3) is 0.120. The smallest absolute Gasteiger partial charge is 0.227 e. The number of anilines is 1. The van der Waals surface area contributed by atoms with E-state index in [0.717, 1.165) is 62.8 Å². The lowest BCUT2D eigenvalue weighted by Gasteiger charge is -2.15. The first kappa shape index (κ1) is 17.8. The molecule has 1 aliphatic rings. The van der Waals surface area contributed by atoms with Crippen molar-refractivity contribution in [2.45, 2.75) is 12.8 Å². The second-order valence-corrected chi connectivity index (χ2v) is 7.79. The van der Waals surface area contributed by atoms with Crippen molar-refractivity contribution in [1.29, 1.82) is 0 Å². The number of hydrogen-bond acceptors (Lipinski definition) is 4. The van der Waals surface area contributed by atoms with Crippen LogP contribution in [0.25, 0.3) is 44.2 Å². The maximum Gasteiger partial charge on any atom is 0.227 e. The Hall–Kier alpha value is -4.06. The fourth-order valence-electron chi connectivity index (χ4n) is 4.35. The van der Waals surface area contributed by atoms with E-state index in [1.54, 1.807) is 6.20 Å². The fourth-order valence-corrected chi connectivity index (χ4v) is 4.35. The number of amides is 1. The molecule has 2 aromatic carbocycles. The van der Waals surface area contributed by atoms with E-state index in [1.807, 2.05) is 53.7 Å². The zero-order chi connectivity index (χ0) is 20.8. The predicted molar refractivity (Wildman–Crippen MR) is 122 cm³/mol. The predicted octanol–water partition coefficient (Wildman–Crippen LogP) is 4.97. The van der Waals surface area contributed by atoms with Gasteiger partial charge in [-0.3, -0.25) is 19.9 Å². The Bertz CT molecular complexity index is 1420. The minimum absolute atomic E-state index is 0.193. The van der Waals surface area contributed by atoms with Crippen LogP contribution in [-0.2, 0) is 4.79 Å². The number of aromatic nitrogens is 4. The highest BCUT2D eigenvalue weighted by Gasteiger charge is 2.22. The maximum absolute atomic E-state index is 12.1. The standard InChI is InChI=1S/C25H19N5O/c31-23-4-2-12-30(23)19-8-5-16(6-9-19)25-24-20-13-17(18-3-1-11-26-14-18)7-10-21(20)27-15-22(24)28-29-25/h1,3,5-11,13-15H,2,4,12H2,(H,28,29). The van der Waals surface area contributed by atoms with Gasteiger partial charge in [0.25, 0.3) is 0 Å². The van der Waals surface area contributed by atoms with E-state index in [0.29, 0.717) is 6.42 Å². The van der Waals surface area contributed by atoms with Crippen molar-refractivity contribution in [2.75, 3.05) is 11.4 Å². The number of aromatic amines is 1. The Morgan fingerprint density at radius 1 is 0.935 bits per heavy atom. The van der Waals surface area contributed by atoms with Crippen LogP contribution in [-0.4, -0.2) is 32.6 Å². The second-order valence-electron chi connectivity index (χ2n) is 7.79. The summed E-state index contributed by atoms with van der Waals surface area (Å²) >= 11 is 0. The molecule has 150 valence electrons. The number of rotatable bonds is 3. The number of nitrogens with zero attached hydrogens (tertiary/aromatic N) is 4. The molecule has 0 unspecified atom stereocenters. The van der Waals surface area contributed by atoms with Gasteiger partial charge in [-0.15, -0.1) is 0 Å². The Morgan fingerprint density at radius 2 is 1.81 bits per heavy atom. The molecule has 6 nitrogen and oxygen atoms in total. The van der Waals surface area contributed by atoms with Gasteiger partial charge in [-0.1, -0.05) is 24.3 Å². The van der Waals surface area contributed by atoms with Crippen LogP contribution in [0.15, 0.2) is 73.2 Å². The number of H-pyrrole nitrogens is 1. The molecule has 1 amide bonds. The van der Waals surface area contributed by atoms with Crippen molar-refractivity contribution in [3.05, 3.63) is 73.2 Å². The summed E-state index contributed by atoms with van der Waals surface area (Å²) in [6, 6.07) is 18.3. The van der Waals surface area contributed by atoms with Crippen LogP contribution >= 0.6 is 0 Å². The van der Waals surface area contributed by atoms with E-state index in [4.69, 9.17) is 0 Å². The van der Waals surface area contributed by atoms with Crippen molar-refractivity contribution < 1.29 is 4.79 Å². The minimum Gasteiger partial charge on any atom is -0.312 e. The van der Waals surface area contributed by atoms with Gasteiger partial charge in [-0.25, -0.2) is 0 Å². The van der Waals surface area contributed by atoms with Gasteiger partial charge in [-0.05, 0) is 42.3 Å². The average Bonchev–Trinajstić information content (AvgIpc) is 3.46. The number of pyridine rings is 2. The lowest BCUT2D eigenvalue weighted by molar-refractivity contribution is -0.117. The van der Waals surface area contributed by atoms with E-state index in [-0.39, 0.29) is 5.91 Å². The highest BCUT2D eigenvalue weighted by molar-refractivity contribution is 6.12. The molecule has 0 radical (unpaired) electrons. The molecule has 0 spiro atoms. The largest absolute Gasteiger partial charge is 0.312 e. The van der Waals surface area contributed by atoms with Gasteiger partial charge in [0.1, 0.15) is 5.69 Å². The number of nitrogens with one attached hydrogen (secondary N) is 1. The third-order valence-corrected chi connectivity index (χ3v) is 5.91. The molecule has 5 aromatic rings. The van der Waals surface area contributed by atoms with Gasteiger partial charge in [0, 0.05) is 52.9 Å². The number of benzene rings is 2. The van der Waals surface area contributed by atoms with Crippen molar-refractivity contribution in [1.82, 2.24) is 20.2 Å². The first-order valence-electron chi connectivity index (χ1n) is 10.4. The van der Waals surface area contributed by atoms with Crippen LogP contribution < -0.4 is 4.90 Å². The molecular formula is C25H19N5O. The molecule has 0 saturated carbocycles. The molecule has 3 aromatic heterocycles. The molecular weight excluding hydrogens is 386 g/mol. The van der Waals surface area contributed by atoms with Crippen LogP contribution in [0, 0.1) is 0 Å². The molecule has 6 rings (SSSR count). The molecule has 0 aliphatic carbocycles. The zero-order valence-corrected chi connectivity index (χ0v) is 16.7. The van der Waals surface area contributed by atoms with E-state index >= 15 is 0 Å².